The van der Waals surface area contributed by atoms with Crippen molar-refractivity contribution in [1.29, 1.82) is 0 Å². The van der Waals surface area contributed by atoms with Gasteiger partial charge in [0, 0.05) is 12.6 Å². The number of hydrogen-bond acceptors (Lipinski definition) is 2. The quantitative estimate of drug-likeness (QED) is 0.662. The lowest BCUT2D eigenvalue weighted by atomic mass is 10.4. The lowest BCUT2D eigenvalue weighted by Crippen LogP contribution is -2.08. The Hall–Kier alpha value is -1.58. The molecule has 1 aromatic rings. The van der Waals surface area contributed by atoms with Crippen molar-refractivity contribution in [3.05, 3.63) is 18.0 Å². The van der Waals surface area contributed by atoms with Crippen LogP contribution in [0.4, 0.5) is 5.69 Å². The fourth-order valence-electron chi connectivity index (χ4n) is 0.802. The smallest absolute Gasteiger partial charge is 0.224 e. The van der Waals surface area contributed by atoms with Gasteiger partial charge in [-0.25, -0.2) is 0 Å². The van der Waals surface area contributed by atoms with Crippen LogP contribution in [0.5, 0.6) is 0 Å². The molecule has 0 aliphatic rings. The van der Waals surface area contributed by atoms with E-state index in [4.69, 9.17) is 0 Å². The van der Waals surface area contributed by atoms with E-state index in [2.05, 4.69) is 10.3 Å². The third kappa shape index (κ3) is 1.95. The van der Waals surface area contributed by atoms with E-state index in [0.717, 1.165) is 0 Å². The summed E-state index contributed by atoms with van der Waals surface area (Å²) in [6.07, 6.45) is 2.71. The number of hydrogen-bond donors (Lipinski definition) is 2. The maximum Gasteiger partial charge on any atom is 0.224 e. The highest BCUT2D eigenvalue weighted by atomic mass is 16.1. The molecule has 2 N–H and O–H groups in total. The minimum Gasteiger partial charge on any atom is -0.357 e. The monoisotopic (exact) mass is 166 g/mol. The molecule has 4 nitrogen and oxygen atoms in total. The summed E-state index contributed by atoms with van der Waals surface area (Å²) in [5.74, 6) is -0.0635. The molecule has 0 atom stereocenters. The van der Waals surface area contributed by atoms with E-state index in [1.807, 2.05) is 0 Å². The van der Waals surface area contributed by atoms with E-state index < -0.39 is 0 Å². The van der Waals surface area contributed by atoms with Gasteiger partial charge < -0.3 is 10.3 Å². The van der Waals surface area contributed by atoms with Gasteiger partial charge >= 0.3 is 0 Å². The summed E-state index contributed by atoms with van der Waals surface area (Å²) in [5.41, 5.74) is 1.09. The molecule has 1 amide bonds. The fourth-order valence-corrected chi connectivity index (χ4v) is 0.802. The Labute approximate surface area is 70.0 Å². The van der Waals surface area contributed by atoms with Crippen molar-refractivity contribution in [2.24, 2.45) is 0 Å². The zero-order valence-electron chi connectivity index (χ0n) is 6.76. The molecule has 12 heavy (non-hydrogen) atoms. The van der Waals surface area contributed by atoms with Crippen LogP contribution in [0.15, 0.2) is 12.3 Å². The zero-order chi connectivity index (χ0) is 8.97. The number of aromatic amines is 1. The second-order valence-electron chi connectivity index (χ2n) is 2.36. The predicted molar refractivity (Wildman–Crippen MR) is 45.1 cm³/mol. The average Bonchev–Trinajstić information content (AvgIpc) is 2.52. The maximum atomic E-state index is 10.9. The molecule has 0 radical (unpaired) electrons. The normalized spacial score (nSPS) is 9.42. The number of H-pyrrole nitrogens is 1. The predicted octanol–water partition coefficient (Wildman–Crippen LogP) is 1.18. The Morgan fingerprint density at radius 1 is 1.75 bits per heavy atom. The Morgan fingerprint density at radius 3 is 3.00 bits per heavy atom. The molecule has 0 saturated carbocycles. The SMILES string of the molecule is CCC(=O)Nc1c[nH]c(C=O)c1. The molecule has 1 heterocycles. The maximum absolute atomic E-state index is 10.9. The Balaban J connectivity index is 2.63. The number of aromatic nitrogens is 1. The van der Waals surface area contributed by atoms with Gasteiger partial charge in [0.15, 0.2) is 6.29 Å². The van der Waals surface area contributed by atoms with Gasteiger partial charge in [0.05, 0.1) is 11.4 Å². The summed E-state index contributed by atoms with van der Waals surface area (Å²) in [5, 5.41) is 2.62. The molecule has 0 unspecified atom stereocenters. The van der Waals surface area contributed by atoms with E-state index in [0.29, 0.717) is 24.1 Å². The molecule has 4 heteroatoms. The highest BCUT2D eigenvalue weighted by Crippen LogP contribution is 2.07. The molecular formula is C8H10N2O2. The molecule has 0 aliphatic carbocycles. The number of rotatable bonds is 3. The molecule has 0 spiro atoms. The van der Waals surface area contributed by atoms with Gasteiger partial charge in [-0.15, -0.1) is 0 Å². The van der Waals surface area contributed by atoms with Crippen LogP contribution in [0.3, 0.4) is 0 Å². The zero-order valence-corrected chi connectivity index (χ0v) is 6.76. The Bertz CT molecular complexity index is 291. The number of aldehydes is 1. The van der Waals surface area contributed by atoms with Crippen molar-refractivity contribution in [2.45, 2.75) is 13.3 Å². The fraction of sp³-hybridized carbons (Fsp3) is 0.250. The van der Waals surface area contributed by atoms with Crippen molar-refractivity contribution in [1.82, 2.24) is 4.98 Å². The third-order valence-electron chi connectivity index (χ3n) is 1.44. The Kier molecular flexibility index (Phi) is 2.63. The molecule has 0 bridgehead atoms. The van der Waals surface area contributed by atoms with Crippen LogP contribution in [-0.2, 0) is 4.79 Å². The highest BCUT2D eigenvalue weighted by Gasteiger charge is 2.00. The van der Waals surface area contributed by atoms with Gasteiger partial charge in [-0.3, -0.25) is 9.59 Å². The number of nitrogens with one attached hydrogen (secondary N) is 2. The van der Waals surface area contributed by atoms with Crippen molar-refractivity contribution in [2.75, 3.05) is 5.32 Å². The molecule has 0 aliphatic heterocycles. The second kappa shape index (κ2) is 3.71. The molecule has 0 aromatic carbocycles. The van der Waals surface area contributed by atoms with Gasteiger partial charge in [-0.1, -0.05) is 6.92 Å². The lowest BCUT2D eigenvalue weighted by Gasteiger charge is -1.96. The molecular weight excluding hydrogens is 156 g/mol. The topological polar surface area (TPSA) is 62.0 Å². The summed E-state index contributed by atoms with van der Waals surface area (Å²) in [7, 11) is 0. The van der Waals surface area contributed by atoms with E-state index >= 15 is 0 Å². The van der Waals surface area contributed by atoms with Crippen molar-refractivity contribution in [3.63, 3.8) is 0 Å². The minimum atomic E-state index is -0.0635. The minimum absolute atomic E-state index is 0.0635. The number of carbonyl (C=O) groups excluding carboxylic acids is 2. The molecule has 0 saturated heterocycles. The van der Waals surface area contributed by atoms with Crippen LogP contribution in [0.2, 0.25) is 0 Å². The van der Waals surface area contributed by atoms with Crippen LogP contribution in [0, 0.1) is 0 Å². The Morgan fingerprint density at radius 2 is 2.50 bits per heavy atom. The average molecular weight is 166 g/mol. The van der Waals surface area contributed by atoms with Crippen LogP contribution >= 0.6 is 0 Å². The number of anilines is 1. The lowest BCUT2D eigenvalue weighted by molar-refractivity contribution is -0.115. The first kappa shape index (κ1) is 8.52. The van der Waals surface area contributed by atoms with E-state index in [-0.39, 0.29) is 5.91 Å². The van der Waals surface area contributed by atoms with Crippen LogP contribution in [-0.4, -0.2) is 17.2 Å². The number of amides is 1. The largest absolute Gasteiger partial charge is 0.357 e. The first-order valence-corrected chi connectivity index (χ1v) is 3.69. The molecule has 64 valence electrons. The summed E-state index contributed by atoms with van der Waals surface area (Å²) >= 11 is 0. The van der Waals surface area contributed by atoms with Crippen molar-refractivity contribution in [3.8, 4) is 0 Å². The van der Waals surface area contributed by atoms with Gasteiger partial charge in [-0.2, -0.15) is 0 Å². The summed E-state index contributed by atoms with van der Waals surface area (Å²) < 4.78 is 0. The molecule has 0 fully saturated rings. The van der Waals surface area contributed by atoms with Gasteiger partial charge in [-0.05, 0) is 6.07 Å². The van der Waals surface area contributed by atoms with Crippen LogP contribution < -0.4 is 5.32 Å². The summed E-state index contributed by atoms with van der Waals surface area (Å²) in [6, 6.07) is 1.58. The molecule has 1 aromatic heterocycles. The highest BCUT2D eigenvalue weighted by molar-refractivity contribution is 5.91. The third-order valence-corrected chi connectivity index (χ3v) is 1.44. The van der Waals surface area contributed by atoms with E-state index in [1.54, 1.807) is 19.2 Å². The van der Waals surface area contributed by atoms with Crippen LogP contribution in [0.25, 0.3) is 0 Å². The second-order valence-corrected chi connectivity index (χ2v) is 2.36. The van der Waals surface area contributed by atoms with Crippen molar-refractivity contribution < 1.29 is 9.59 Å². The standard InChI is InChI=1S/C8H10N2O2/c1-2-8(12)10-6-3-7(5-11)9-4-6/h3-5,9H,2H2,1H3,(H,10,12). The van der Waals surface area contributed by atoms with Gasteiger partial charge in [0.25, 0.3) is 0 Å². The van der Waals surface area contributed by atoms with E-state index in [1.165, 1.54) is 0 Å². The summed E-state index contributed by atoms with van der Waals surface area (Å²) in [4.78, 5) is 23.8. The first-order chi connectivity index (χ1) is 5.76. The first-order valence-electron chi connectivity index (χ1n) is 3.69. The van der Waals surface area contributed by atoms with Gasteiger partial charge in [0.1, 0.15) is 0 Å². The van der Waals surface area contributed by atoms with Gasteiger partial charge in [0.2, 0.25) is 5.91 Å². The van der Waals surface area contributed by atoms with E-state index in [9.17, 15) is 9.59 Å². The number of carbonyl (C=O) groups is 2. The summed E-state index contributed by atoms with van der Waals surface area (Å²) in [6.45, 7) is 1.77. The van der Waals surface area contributed by atoms with Crippen molar-refractivity contribution >= 4 is 17.9 Å². The van der Waals surface area contributed by atoms with Crippen LogP contribution in [0.1, 0.15) is 23.8 Å². The molecule has 1 rings (SSSR count).